The summed E-state index contributed by atoms with van der Waals surface area (Å²) in [7, 11) is 0. The van der Waals surface area contributed by atoms with Crippen molar-refractivity contribution >= 4 is 23.4 Å². The van der Waals surface area contributed by atoms with Gasteiger partial charge < -0.3 is 14.8 Å². The van der Waals surface area contributed by atoms with E-state index in [2.05, 4.69) is 10.3 Å². The van der Waals surface area contributed by atoms with Crippen LogP contribution in [0.3, 0.4) is 0 Å². The van der Waals surface area contributed by atoms with Crippen LogP contribution in [-0.2, 0) is 16.1 Å². The fraction of sp³-hybridized carbons (Fsp3) is 0.400. The molecular formula is C20H22F2N2O3S. The van der Waals surface area contributed by atoms with Crippen molar-refractivity contribution in [3.63, 3.8) is 0 Å². The van der Waals surface area contributed by atoms with Crippen molar-refractivity contribution in [1.29, 1.82) is 0 Å². The van der Waals surface area contributed by atoms with Crippen LogP contribution in [0.15, 0.2) is 47.6 Å². The highest BCUT2D eigenvalue weighted by Gasteiger charge is 2.17. The lowest BCUT2D eigenvalue weighted by Crippen LogP contribution is -2.24. The first-order chi connectivity index (χ1) is 13.6. The minimum absolute atomic E-state index is 0.00182. The standard InChI is InChI=1S/C20H22F2N2O3S/c21-20(22)28-19-17(8-4-9-23-19)18(25)24-15-6-3-5-14(11-15)12-26-13-16-7-1-2-10-27-16/h3-6,8-9,11,16,20H,1-2,7,10,12-13H2,(H,24,25). The molecular weight excluding hydrogens is 386 g/mol. The molecule has 1 aliphatic heterocycles. The third kappa shape index (κ3) is 6.25. The Morgan fingerprint density at radius 2 is 2.21 bits per heavy atom. The molecule has 1 unspecified atom stereocenters. The number of anilines is 1. The molecule has 8 heteroatoms. The molecule has 0 spiro atoms. The van der Waals surface area contributed by atoms with Crippen LogP contribution in [0, 0.1) is 0 Å². The molecule has 28 heavy (non-hydrogen) atoms. The molecule has 2 aromatic rings. The molecule has 1 amide bonds. The minimum Gasteiger partial charge on any atom is -0.376 e. The van der Waals surface area contributed by atoms with Gasteiger partial charge in [0.25, 0.3) is 11.7 Å². The van der Waals surface area contributed by atoms with Crippen molar-refractivity contribution in [2.75, 3.05) is 18.5 Å². The zero-order valence-electron chi connectivity index (χ0n) is 15.3. The summed E-state index contributed by atoms with van der Waals surface area (Å²) in [5.74, 6) is -3.13. The van der Waals surface area contributed by atoms with E-state index in [4.69, 9.17) is 9.47 Å². The quantitative estimate of drug-likeness (QED) is 0.640. The van der Waals surface area contributed by atoms with Crippen molar-refractivity contribution in [3.8, 4) is 0 Å². The van der Waals surface area contributed by atoms with E-state index >= 15 is 0 Å². The fourth-order valence-corrected chi connectivity index (χ4v) is 3.50. The van der Waals surface area contributed by atoms with E-state index < -0.39 is 11.7 Å². The van der Waals surface area contributed by atoms with E-state index in [0.717, 1.165) is 31.4 Å². The summed E-state index contributed by atoms with van der Waals surface area (Å²) in [4.78, 5) is 16.4. The number of pyridine rings is 1. The number of carbonyl (C=O) groups is 1. The predicted molar refractivity (Wildman–Crippen MR) is 104 cm³/mol. The molecule has 1 aliphatic rings. The van der Waals surface area contributed by atoms with Crippen LogP contribution < -0.4 is 5.32 Å². The maximum absolute atomic E-state index is 12.7. The molecule has 1 aromatic heterocycles. The van der Waals surface area contributed by atoms with Gasteiger partial charge in [0, 0.05) is 18.5 Å². The van der Waals surface area contributed by atoms with Gasteiger partial charge in [0.1, 0.15) is 5.03 Å². The number of rotatable bonds is 8. The number of nitrogens with one attached hydrogen (secondary N) is 1. The number of nitrogens with zero attached hydrogens (tertiary/aromatic N) is 1. The van der Waals surface area contributed by atoms with Crippen LogP contribution in [-0.4, -0.2) is 36.0 Å². The van der Waals surface area contributed by atoms with Gasteiger partial charge in [-0.05, 0) is 60.9 Å². The third-order valence-corrected chi connectivity index (χ3v) is 4.97. The number of carbonyl (C=O) groups excluding carboxylic acids is 1. The van der Waals surface area contributed by atoms with Crippen molar-refractivity contribution in [2.24, 2.45) is 0 Å². The highest BCUT2D eigenvalue weighted by atomic mass is 32.2. The number of ether oxygens (including phenoxy) is 2. The fourth-order valence-electron chi connectivity index (χ4n) is 2.93. The van der Waals surface area contributed by atoms with Crippen molar-refractivity contribution in [1.82, 2.24) is 4.98 Å². The van der Waals surface area contributed by atoms with Gasteiger partial charge in [-0.3, -0.25) is 4.79 Å². The Balaban J connectivity index is 1.57. The number of benzene rings is 1. The number of alkyl halides is 2. The molecule has 0 saturated carbocycles. The van der Waals surface area contributed by atoms with Gasteiger partial charge >= 0.3 is 0 Å². The molecule has 1 atom stereocenters. The van der Waals surface area contributed by atoms with E-state index in [1.807, 2.05) is 12.1 Å². The Hall–Kier alpha value is -2.03. The average molecular weight is 408 g/mol. The number of hydrogen-bond acceptors (Lipinski definition) is 5. The van der Waals surface area contributed by atoms with Crippen LogP contribution in [0.5, 0.6) is 0 Å². The number of amides is 1. The number of thioether (sulfide) groups is 1. The van der Waals surface area contributed by atoms with Crippen molar-refractivity contribution in [2.45, 2.75) is 42.8 Å². The lowest BCUT2D eigenvalue weighted by atomic mass is 10.1. The van der Waals surface area contributed by atoms with E-state index in [1.54, 1.807) is 18.2 Å². The summed E-state index contributed by atoms with van der Waals surface area (Å²) >= 11 is 0.255. The summed E-state index contributed by atoms with van der Waals surface area (Å²) in [5, 5.41) is 2.74. The normalized spacial score (nSPS) is 16.9. The number of hydrogen-bond donors (Lipinski definition) is 1. The molecule has 3 rings (SSSR count). The Morgan fingerprint density at radius 1 is 1.32 bits per heavy atom. The first-order valence-electron chi connectivity index (χ1n) is 9.11. The maximum Gasteiger partial charge on any atom is 0.290 e. The molecule has 0 aliphatic carbocycles. The predicted octanol–water partition coefficient (Wildman–Crippen LogP) is 4.73. The monoisotopic (exact) mass is 408 g/mol. The molecule has 150 valence electrons. The topological polar surface area (TPSA) is 60.5 Å². The lowest BCUT2D eigenvalue weighted by Gasteiger charge is -2.22. The van der Waals surface area contributed by atoms with Gasteiger partial charge in [0.2, 0.25) is 0 Å². The summed E-state index contributed by atoms with van der Waals surface area (Å²) in [6, 6.07) is 10.3. The molecule has 1 saturated heterocycles. The van der Waals surface area contributed by atoms with Gasteiger partial charge in [-0.15, -0.1) is 0 Å². The second-order valence-electron chi connectivity index (χ2n) is 6.39. The van der Waals surface area contributed by atoms with Crippen LogP contribution in [0.4, 0.5) is 14.5 Å². The van der Waals surface area contributed by atoms with Crippen molar-refractivity contribution in [3.05, 3.63) is 53.7 Å². The molecule has 1 fully saturated rings. The third-order valence-electron chi connectivity index (χ3n) is 4.25. The SMILES string of the molecule is O=C(Nc1cccc(COCC2CCCCO2)c1)c1cccnc1SC(F)F. The van der Waals surface area contributed by atoms with E-state index in [9.17, 15) is 13.6 Å². The Labute approximate surface area is 166 Å². The number of aromatic nitrogens is 1. The van der Waals surface area contributed by atoms with Gasteiger partial charge in [-0.2, -0.15) is 8.78 Å². The Morgan fingerprint density at radius 3 is 3.00 bits per heavy atom. The van der Waals surface area contributed by atoms with Crippen LogP contribution >= 0.6 is 11.8 Å². The second-order valence-corrected chi connectivity index (χ2v) is 7.37. The molecule has 1 aromatic carbocycles. The summed E-state index contributed by atoms with van der Waals surface area (Å²) < 4.78 is 36.7. The summed E-state index contributed by atoms with van der Waals surface area (Å²) in [6.07, 6.45) is 4.81. The molecule has 1 N–H and O–H groups in total. The van der Waals surface area contributed by atoms with Gasteiger partial charge in [-0.25, -0.2) is 4.98 Å². The Kier molecular flexibility index (Phi) is 7.76. The Bertz CT molecular complexity index is 786. The highest BCUT2D eigenvalue weighted by Crippen LogP contribution is 2.27. The zero-order valence-corrected chi connectivity index (χ0v) is 16.1. The average Bonchev–Trinajstić information content (AvgIpc) is 2.69. The largest absolute Gasteiger partial charge is 0.376 e. The minimum atomic E-state index is -2.64. The smallest absolute Gasteiger partial charge is 0.290 e. The molecule has 0 bridgehead atoms. The van der Waals surface area contributed by atoms with Crippen LogP contribution in [0.2, 0.25) is 0 Å². The van der Waals surface area contributed by atoms with E-state index in [0.29, 0.717) is 18.9 Å². The number of halogens is 2. The van der Waals surface area contributed by atoms with E-state index in [-0.39, 0.29) is 28.5 Å². The lowest BCUT2D eigenvalue weighted by molar-refractivity contribution is -0.0447. The van der Waals surface area contributed by atoms with Gasteiger partial charge in [0.15, 0.2) is 0 Å². The molecule has 2 heterocycles. The van der Waals surface area contributed by atoms with Crippen molar-refractivity contribution < 1.29 is 23.0 Å². The van der Waals surface area contributed by atoms with Crippen LogP contribution in [0.1, 0.15) is 35.2 Å². The van der Waals surface area contributed by atoms with Crippen LogP contribution in [0.25, 0.3) is 0 Å². The maximum atomic E-state index is 12.7. The highest BCUT2D eigenvalue weighted by molar-refractivity contribution is 7.99. The summed E-state index contributed by atoms with van der Waals surface area (Å²) in [6.45, 7) is 1.74. The first-order valence-corrected chi connectivity index (χ1v) is 9.99. The first kappa shape index (κ1) is 20.7. The zero-order chi connectivity index (χ0) is 19.8. The van der Waals surface area contributed by atoms with Gasteiger partial charge in [-0.1, -0.05) is 12.1 Å². The summed E-state index contributed by atoms with van der Waals surface area (Å²) in [5.41, 5.74) is 1.59. The van der Waals surface area contributed by atoms with E-state index in [1.165, 1.54) is 12.3 Å². The second kappa shape index (κ2) is 10.5. The molecule has 5 nitrogen and oxygen atoms in total. The molecule has 0 radical (unpaired) electrons. The van der Waals surface area contributed by atoms with Gasteiger partial charge in [0.05, 0.1) is 24.9 Å².